The highest BCUT2D eigenvalue weighted by Gasteiger charge is 2.21. The summed E-state index contributed by atoms with van der Waals surface area (Å²) in [5.74, 6) is -1.91. The fourth-order valence-corrected chi connectivity index (χ4v) is 2.56. The molecule has 0 saturated heterocycles. The maximum absolute atomic E-state index is 12.8. The van der Waals surface area contributed by atoms with Gasteiger partial charge >= 0.3 is 5.97 Å². The monoisotopic (exact) mass is 379 g/mol. The average Bonchev–Trinajstić information content (AvgIpc) is 2.51. The summed E-state index contributed by atoms with van der Waals surface area (Å²) in [7, 11) is 0. The molecule has 0 aliphatic heterocycles. The van der Waals surface area contributed by atoms with Crippen molar-refractivity contribution in [2.75, 3.05) is 0 Å². The lowest BCUT2D eigenvalue weighted by Gasteiger charge is -2.15. The molecule has 0 aromatic heterocycles. The second kappa shape index (κ2) is 7.87. The largest absolute Gasteiger partial charge is 0.480 e. The fraction of sp³-hybridized carbons (Fsp3) is 0.176. The van der Waals surface area contributed by atoms with Crippen LogP contribution in [0.5, 0.6) is 0 Å². The van der Waals surface area contributed by atoms with Crippen LogP contribution in [0.25, 0.3) is 0 Å². The van der Waals surface area contributed by atoms with E-state index in [2.05, 4.69) is 21.2 Å². The molecule has 1 amide bonds. The Morgan fingerprint density at radius 1 is 1.13 bits per heavy atom. The van der Waals surface area contributed by atoms with Crippen molar-refractivity contribution < 1.29 is 19.1 Å². The van der Waals surface area contributed by atoms with Crippen molar-refractivity contribution in [1.82, 2.24) is 5.32 Å². The lowest BCUT2D eigenvalue weighted by Crippen LogP contribution is -2.43. The van der Waals surface area contributed by atoms with Crippen LogP contribution < -0.4 is 5.32 Å². The SMILES string of the molecule is O=C(Cc1ccc(F)cc1)N[C@H](Cc1ccccc1Br)C(=O)O. The van der Waals surface area contributed by atoms with Gasteiger partial charge in [0.25, 0.3) is 0 Å². The first-order valence-electron chi connectivity index (χ1n) is 6.95. The maximum atomic E-state index is 12.8. The van der Waals surface area contributed by atoms with E-state index in [1.807, 2.05) is 12.1 Å². The van der Waals surface area contributed by atoms with Crippen molar-refractivity contribution in [1.29, 1.82) is 0 Å². The van der Waals surface area contributed by atoms with Crippen LogP contribution in [0.2, 0.25) is 0 Å². The second-order valence-corrected chi connectivity index (χ2v) is 5.91. The zero-order chi connectivity index (χ0) is 16.8. The smallest absolute Gasteiger partial charge is 0.326 e. The van der Waals surface area contributed by atoms with Crippen LogP contribution in [-0.4, -0.2) is 23.0 Å². The number of benzene rings is 2. The summed E-state index contributed by atoms with van der Waals surface area (Å²) in [6.07, 6.45) is 0.173. The first kappa shape index (κ1) is 17.1. The number of nitrogens with one attached hydrogen (secondary N) is 1. The topological polar surface area (TPSA) is 66.4 Å². The molecule has 2 N–H and O–H groups in total. The number of hydrogen-bond acceptors (Lipinski definition) is 2. The summed E-state index contributed by atoms with van der Waals surface area (Å²) < 4.78 is 13.6. The number of carbonyl (C=O) groups excluding carboxylic acids is 1. The van der Waals surface area contributed by atoms with Crippen LogP contribution in [0.4, 0.5) is 4.39 Å². The molecule has 2 aromatic carbocycles. The standard InChI is InChI=1S/C17H15BrFNO3/c18-14-4-2-1-3-12(14)10-15(17(22)23)20-16(21)9-11-5-7-13(19)8-6-11/h1-8,15H,9-10H2,(H,20,21)(H,22,23)/t15-/m1/s1. The predicted octanol–water partition coefficient (Wildman–Crippen LogP) is 2.94. The minimum Gasteiger partial charge on any atom is -0.480 e. The van der Waals surface area contributed by atoms with Gasteiger partial charge in [0.2, 0.25) is 5.91 Å². The van der Waals surface area contributed by atoms with E-state index in [0.29, 0.717) is 5.56 Å². The Hall–Kier alpha value is -2.21. The number of amides is 1. The zero-order valence-corrected chi connectivity index (χ0v) is 13.7. The lowest BCUT2D eigenvalue weighted by molar-refractivity contribution is -0.141. The van der Waals surface area contributed by atoms with E-state index >= 15 is 0 Å². The van der Waals surface area contributed by atoms with Crippen molar-refractivity contribution in [3.63, 3.8) is 0 Å². The Morgan fingerprint density at radius 2 is 1.78 bits per heavy atom. The van der Waals surface area contributed by atoms with Gasteiger partial charge in [0.1, 0.15) is 11.9 Å². The third kappa shape index (κ3) is 5.17. The van der Waals surface area contributed by atoms with Crippen LogP contribution in [0.15, 0.2) is 53.0 Å². The molecule has 4 nitrogen and oxygen atoms in total. The van der Waals surface area contributed by atoms with E-state index in [9.17, 15) is 19.1 Å². The summed E-state index contributed by atoms with van der Waals surface area (Å²) in [5, 5.41) is 11.8. The van der Waals surface area contributed by atoms with Gasteiger partial charge in [0.05, 0.1) is 6.42 Å². The summed E-state index contributed by atoms with van der Waals surface area (Å²) in [5.41, 5.74) is 1.41. The van der Waals surface area contributed by atoms with E-state index in [1.165, 1.54) is 24.3 Å². The van der Waals surface area contributed by atoms with Crippen molar-refractivity contribution in [3.05, 3.63) is 69.9 Å². The van der Waals surface area contributed by atoms with Gasteiger partial charge in [-0.1, -0.05) is 46.3 Å². The molecule has 1 atom stereocenters. The molecule has 0 unspecified atom stereocenters. The van der Waals surface area contributed by atoms with Gasteiger partial charge in [-0.25, -0.2) is 9.18 Å². The highest BCUT2D eigenvalue weighted by atomic mass is 79.9. The van der Waals surface area contributed by atoms with Gasteiger partial charge in [0.15, 0.2) is 0 Å². The van der Waals surface area contributed by atoms with Gasteiger partial charge in [-0.05, 0) is 29.3 Å². The minimum absolute atomic E-state index is 0.0000192. The Kier molecular flexibility index (Phi) is 5.87. The first-order chi connectivity index (χ1) is 11.0. The van der Waals surface area contributed by atoms with Crippen molar-refractivity contribution in [3.8, 4) is 0 Å². The van der Waals surface area contributed by atoms with Crippen LogP contribution in [0.1, 0.15) is 11.1 Å². The highest BCUT2D eigenvalue weighted by Crippen LogP contribution is 2.17. The summed E-state index contributed by atoms with van der Waals surface area (Å²) in [4.78, 5) is 23.4. The first-order valence-corrected chi connectivity index (χ1v) is 7.75. The zero-order valence-electron chi connectivity index (χ0n) is 12.1. The number of aliphatic carboxylic acids is 1. The molecular formula is C17H15BrFNO3. The van der Waals surface area contributed by atoms with Gasteiger partial charge in [-0.3, -0.25) is 4.79 Å². The number of rotatable bonds is 6. The van der Waals surface area contributed by atoms with Crippen LogP contribution in [0.3, 0.4) is 0 Å². The van der Waals surface area contributed by atoms with Crippen molar-refractivity contribution >= 4 is 27.8 Å². The molecule has 0 spiro atoms. The molecule has 0 aliphatic carbocycles. The summed E-state index contributed by atoms with van der Waals surface area (Å²) in [6.45, 7) is 0. The predicted molar refractivity (Wildman–Crippen MR) is 87.5 cm³/mol. The van der Waals surface area contributed by atoms with Gasteiger partial charge in [-0.15, -0.1) is 0 Å². The third-order valence-electron chi connectivity index (χ3n) is 3.29. The van der Waals surface area contributed by atoms with E-state index in [4.69, 9.17) is 0 Å². The molecule has 0 radical (unpaired) electrons. The fourth-order valence-electron chi connectivity index (χ4n) is 2.12. The Balaban J connectivity index is 2.01. The van der Waals surface area contributed by atoms with Crippen LogP contribution >= 0.6 is 15.9 Å². The number of carbonyl (C=O) groups is 2. The summed E-state index contributed by atoms with van der Waals surface area (Å²) >= 11 is 3.36. The molecule has 0 fully saturated rings. The molecular weight excluding hydrogens is 365 g/mol. The van der Waals surface area contributed by atoms with Crippen LogP contribution in [-0.2, 0) is 22.4 Å². The lowest BCUT2D eigenvalue weighted by atomic mass is 10.1. The van der Waals surface area contributed by atoms with Gasteiger partial charge < -0.3 is 10.4 Å². The number of halogens is 2. The van der Waals surface area contributed by atoms with E-state index in [1.54, 1.807) is 12.1 Å². The third-order valence-corrected chi connectivity index (χ3v) is 4.07. The Bertz CT molecular complexity index is 703. The molecule has 2 rings (SSSR count). The number of carboxylic acid groups (broad SMARTS) is 1. The van der Waals surface area contributed by atoms with Crippen LogP contribution in [0, 0.1) is 5.82 Å². The van der Waals surface area contributed by atoms with Gasteiger partial charge in [-0.2, -0.15) is 0 Å². The molecule has 23 heavy (non-hydrogen) atoms. The molecule has 6 heteroatoms. The van der Waals surface area contributed by atoms with Crippen molar-refractivity contribution in [2.24, 2.45) is 0 Å². The molecule has 0 aliphatic rings. The number of hydrogen-bond donors (Lipinski definition) is 2. The molecule has 0 saturated carbocycles. The van der Waals surface area contributed by atoms with Crippen molar-refractivity contribution in [2.45, 2.75) is 18.9 Å². The molecule has 0 heterocycles. The second-order valence-electron chi connectivity index (χ2n) is 5.06. The molecule has 0 bridgehead atoms. The molecule has 120 valence electrons. The Morgan fingerprint density at radius 3 is 2.39 bits per heavy atom. The summed E-state index contributed by atoms with van der Waals surface area (Å²) in [6, 6.07) is 11.7. The quantitative estimate of drug-likeness (QED) is 0.810. The average molecular weight is 380 g/mol. The molecule has 2 aromatic rings. The number of carboxylic acids is 1. The van der Waals surface area contributed by atoms with Gasteiger partial charge in [0, 0.05) is 10.9 Å². The van der Waals surface area contributed by atoms with E-state index < -0.39 is 17.9 Å². The maximum Gasteiger partial charge on any atom is 0.326 e. The normalized spacial score (nSPS) is 11.7. The Labute approximate surface area is 141 Å². The minimum atomic E-state index is -1.10. The van der Waals surface area contributed by atoms with E-state index in [0.717, 1.165) is 10.0 Å². The van der Waals surface area contributed by atoms with E-state index in [-0.39, 0.29) is 18.7 Å². The highest BCUT2D eigenvalue weighted by molar-refractivity contribution is 9.10.